The normalized spacial score (nSPS) is 10.6. The molecule has 0 fully saturated rings. The van der Waals surface area contributed by atoms with Crippen molar-refractivity contribution < 1.29 is 19.0 Å². The molecule has 0 aliphatic carbocycles. The molecule has 0 bridgehead atoms. The average molecular weight is 160 g/mol. The number of benzene rings is 1. The maximum atomic E-state index is 12.3. The van der Waals surface area contributed by atoms with E-state index in [9.17, 15) is 8.78 Å². The minimum absolute atomic E-state index is 0.0658. The highest BCUT2D eigenvalue weighted by Crippen LogP contribution is 2.13. The van der Waals surface area contributed by atoms with Gasteiger partial charge >= 0.3 is 0 Å². The molecule has 0 radical (unpaired) electrons. The number of hydrogen-bond donors (Lipinski definition) is 2. The summed E-state index contributed by atoms with van der Waals surface area (Å²) in [6.07, 6.45) is -1.76. The zero-order chi connectivity index (χ0) is 8.43. The van der Waals surface area contributed by atoms with Gasteiger partial charge in [0.1, 0.15) is 0 Å². The second kappa shape index (κ2) is 2.94. The first-order valence-electron chi connectivity index (χ1n) is 2.92. The molecule has 0 saturated carbocycles. The average Bonchev–Trinajstić information content (AvgIpc) is 1.94. The third-order valence-corrected chi connectivity index (χ3v) is 1.24. The predicted octanol–water partition coefficient (Wildman–Crippen LogP) is 0.948. The Balaban J connectivity index is 3.05. The molecule has 1 aromatic rings. The molecule has 2 nitrogen and oxygen atoms in total. The van der Waals surface area contributed by atoms with Gasteiger partial charge in [0.25, 0.3) is 0 Å². The van der Waals surface area contributed by atoms with Crippen LogP contribution < -0.4 is 0 Å². The first kappa shape index (κ1) is 8.10. The predicted molar refractivity (Wildman–Crippen MR) is 33.5 cm³/mol. The van der Waals surface area contributed by atoms with Crippen LogP contribution in [0.3, 0.4) is 0 Å². The lowest BCUT2D eigenvalue weighted by Crippen LogP contribution is -1.96. The Morgan fingerprint density at radius 3 is 2.18 bits per heavy atom. The van der Waals surface area contributed by atoms with Crippen LogP contribution in [0.15, 0.2) is 18.2 Å². The Kier molecular flexibility index (Phi) is 2.16. The topological polar surface area (TPSA) is 40.5 Å². The highest BCUT2D eigenvalue weighted by Gasteiger charge is 2.06. The molecule has 0 spiro atoms. The van der Waals surface area contributed by atoms with Gasteiger partial charge < -0.3 is 10.2 Å². The smallest absolute Gasteiger partial charge is 0.178 e. The lowest BCUT2D eigenvalue weighted by Gasteiger charge is -2.02. The van der Waals surface area contributed by atoms with E-state index in [2.05, 4.69) is 0 Å². The van der Waals surface area contributed by atoms with E-state index in [-0.39, 0.29) is 5.56 Å². The molecule has 0 unspecified atom stereocenters. The van der Waals surface area contributed by atoms with Gasteiger partial charge in [0.2, 0.25) is 0 Å². The van der Waals surface area contributed by atoms with Crippen LogP contribution in [-0.4, -0.2) is 10.2 Å². The lowest BCUT2D eigenvalue weighted by atomic mass is 10.2. The zero-order valence-electron chi connectivity index (χ0n) is 5.46. The Bertz CT molecular complexity index is 261. The molecule has 0 amide bonds. The van der Waals surface area contributed by atoms with E-state index >= 15 is 0 Å². The number of rotatable bonds is 1. The molecule has 1 aromatic carbocycles. The van der Waals surface area contributed by atoms with Gasteiger partial charge in [0, 0.05) is 5.56 Å². The molecule has 0 aliphatic rings. The fourth-order valence-corrected chi connectivity index (χ4v) is 0.673. The van der Waals surface area contributed by atoms with Gasteiger partial charge in [0.05, 0.1) is 0 Å². The third kappa shape index (κ3) is 1.72. The van der Waals surface area contributed by atoms with Gasteiger partial charge in [-0.25, -0.2) is 8.78 Å². The van der Waals surface area contributed by atoms with Gasteiger partial charge in [-0.15, -0.1) is 0 Å². The van der Waals surface area contributed by atoms with E-state index in [1.165, 1.54) is 0 Å². The van der Waals surface area contributed by atoms with Crippen molar-refractivity contribution in [2.45, 2.75) is 6.29 Å². The van der Waals surface area contributed by atoms with Crippen molar-refractivity contribution in [2.75, 3.05) is 0 Å². The molecule has 4 heteroatoms. The van der Waals surface area contributed by atoms with Crippen LogP contribution in [0.1, 0.15) is 11.9 Å². The highest BCUT2D eigenvalue weighted by molar-refractivity contribution is 5.18. The Morgan fingerprint density at radius 1 is 1.09 bits per heavy atom. The van der Waals surface area contributed by atoms with Crippen molar-refractivity contribution in [2.24, 2.45) is 0 Å². The van der Waals surface area contributed by atoms with Crippen molar-refractivity contribution in [3.05, 3.63) is 35.4 Å². The van der Waals surface area contributed by atoms with Crippen molar-refractivity contribution in [3.8, 4) is 0 Å². The monoisotopic (exact) mass is 160 g/mol. The Hall–Kier alpha value is -1.00. The molecule has 0 heterocycles. The van der Waals surface area contributed by atoms with Crippen LogP contribution in [0.4, 0.5) is 8.78 Å². The molecule has 11 heavy (non-hydrogen) atoms. The number of halogens is 2. The number of aliphatic hydroxyl groups is 2. The molecule has 2 N–H and O–H groups in total. The van der Waals surface area contributed by atoms with E-state index < -0.39 is 17.9 Å². The fourth-order valence-electron chi connectivity index (χ4n) is 0.673. The quantitative estimate of drug-likeness (QED) is 0.600. The van der Waals surface area contributed by atoms with Gasteiger partial charge in [-0.1, -0.05) is 6.07 Å². The summed E-state index contributed by atoms with van der Waals surface area (Å²) in [7, 11) is 0. The lowest BCUT2D eigenvalue weighted by molar-refractivity contribution is -0.0427. The van der Waals surface area contributed by atoms with E-state index in [1.807, 2.05) is 0 Å². The first-order chi connectivity index (χ1) is 5.11. The van der Waals surface area contributed by atoms with Crippen LogP contribution >= 0.6 is 0 Å². The van der Waals surface area contributed by atoms with E-state index in [4.69, 9.17) is 10.2 Å². The summed E-state index contributed by atoms with van der Waals surface area (Å²) < 4.78 is 24.6. The summed E-state index contributed by atoms with van der Waals surface area (Å²) >= 11 is 0. The molecule has 60 valence electrons. The minimum Gasteiger partial charge on any atom is -0.364 e. The standard InChI is InChI=1S/C7H6F2O2/c8-5-2-1-4(7(10)11)3-6(5)9/h1-3,7,10-11H. The van der Waals surface area contributed by atoms with Crippen LogP contribution in [0.5, 0.6) is 0 Å². The van der Waals surface area contributed by atoms with Crippen molar-refractivity contribution in [3.63, 3.8) is 0 Å². The number of aliphatic hydroxyl groups excluding tert-OH is 1. The highest BCUT2D eigenvalue weighted by atomic mass is 19.2. The fraction of sp³-hybridized carbons (Fsp3) is 0.143. The van der Waals surface area contributed by atoms with E-state index in [0.29, 0.717) is 0 Å². The van der Waals surface area contributed by atoms with Gasteiger partial charge in [-0.3, -0.25) is 0 Å². The molecule has 1 rings (SSSR count). The van der Waals surface area contributed by atoms with E-state index in [0.717, 1.165) is 18.2 Å². The maximum absolute atomic E-state index is 12.3. The van der Waals surface area contributed by atoms with E-state index in [1.54, 1.807) is 0 Å². The summed E-state index contributed by atoms with van der Waals surface area (Å²) in [4.78, 5) is 0. The summed E-state index contributed by atoms with van der Waals surface area (Å²) in [5, 5.41) is 17.0. The van der Waals surface area contributed by atoms with Crippen molar-refractivity contribution >= 4 is 0 Å². The molecular formula is C7H6F2O2. The zero-order valence-corrected chi connectivity index (χ0v) is 5.46. The summed E-state index contributed by atoms with van der Waals surface area (Å²) in [6, 6.07) is 2.67. The van der Waals surface area contributed by atoms with Crippen LogP contribution in [0.25, 0.3) is 0 Å². The SMILES string of the molecule is OC(O)c1ccc(F)c(F)c1. The van der Waals surface area contributed by atoms with Crippen molar-refractivity contribution in [1.82, 2.24) is 0 Å². The molecule has 0 aliphatic heterocycles. The summed E-state index contributed by atoms with van der Waals surface area (Å²) in [6.45, 7) is 0. The second-order valence-electron chi connectivity index (χ2n) is 2.05. The van der Waals surface area contributed by atoms with Gasteiger partial charge in [0.15, 0.2) is 17.9 Å². The molecule has 0 saturated heterocycles. The summed E-state index contributed by atoms with van der Waals surface area (Å²) in [5.74, 6) is -2.09. The molecular weight excluding hydrogens is 154 g/mol. The van der Waals surface area contributed by atoms with Crippen LogP contribution in [0.2, 0.25) is 0 Å². The Labute approximate surface area is 61.7 Å². The second-order valence-corrected chi connectivity index (χ2v) is 2.05. The number of hydrogen-bond acceptors (Lipinski definition) is 2. The summed E-state index contributed by atoms with van der Waals surface area (Å²) in [5.41, 5.74) is -0.0658. The minimum atomic E-state index is -1.76. The maximum Gasteiger partial charge on any atom is 0.178 e. The van der Waals surface area contributed by atoms with Crippen molar-refractivity contribution in [1.29, 1.82) is 0 Å². The van der Waals surface area contributed by atoms with Gasteiger partial charge in [-0.2, -0.15) is 0 Å². The Morgan fingerprint density at radius 2 is 1.73 bits per heavy atom. The van der Waals surface area contributed by atoms with Crippen LogP contribution in [0, 0.1) is 11.6 Å². The molecule has 0 atom stereocenters. The third-order valence-electron chi connectivity index (χ3n) is 1.24. The van der Waals surface area contributed by atoms with Crippen LogP contribution in [-0.2, 0) is 0 Å². The molecule has 0 aromatic heterocycles. The first-order valence-corrected chi connectivity index (χ1v) is 2.92. The van der Waals surface area contributed by atoms with Gasteiger partial charge in [-0.05, 0) is 12.1 Å². The largest absolute Gasteiger partial charge is 0.364 e.